The summed E-state index contributed by atoms with van der Waals surface area (Å²) in [5.74, 6) is 0.629. The highest BCUT2D eigenvalue weighted by atomic mass is 19.1. The summed E-state index contributed by atoms with van der Waals surface area (Å²) in [6.07, 6.45) is 4.44. The van der Waals surface area contributed by atoms with Crippen LogP contribution >= 0.6 is 0 Å². The molecule has 0 radical (unpaired) electrons. The van der Waals surface area contributed by atoms with Crippen molar-refractivity contribution >= 4 is 5.69 Å². The number of ether oxygens (including phenoxy) is 1. The summed E-state index contributed by atoms with van der Waals surface area (Å²) in [5.41, 5.74) is 1.34. The van der Waals surface area contributed by atoms with E-state index in [0.29, 0.717) is 36.8 Å². The number of rotatable bonds is 7. The maximum atomic E-state index is 14.0. The first kappa shape index (κ1) is 21.1. The van der Waals surface area contributed by atoms with Crippen LogP contribution in [0, 0.1) is 22.6 Å². The molecule has 1 heterocycles. The summed E-state index contributed by atoms with van der Waals surface area (Å²) in [6, 6.07) is 6.97. The van der Waals surface area contributed by atoms with Crippen LogP contribution in [0.15, 0.2) is 24.3 Å². The van der Waals surface area contributed by atoms with Crippen LogP contribution in [0.25, 0.3) is 0 Å². The number of nitrogens with zero attached hydrogens (tertiary/aromatic N) is 2. The maximum absolute atomic E-state index is 14.0. The number of halogens is 1. The summed E-state index contributed by atoms with van der Waals surface area (Å²) in [5, 5.41) is 10.5. The number of aliphatic hydroxyl groups is 1. The van der Waals surface area contributed by atoms with Gasteiger partial charge in [-0.3, -0.25) is 4.90 Å². The number of hydrogen-bond acceptors (Lipinski definition) is 4. The SMILES string of the molecule is CC1(C)[C@@H]2CC[C@@]1(C)[C@H](OCC[C@H](O)CN1CCN(c3ccccc3F)CC1)C2. The van der Waals surface area contributed by atoms with Crippen LogP contribution in [0.3, 0.4) is 0 Å². The summed E-state index contributed by atoms with van der Waals surface area (Å²) in [4.78, 5) is 4.38. The fraction of sp³-hybridized carbons (Fsp3) is 0.750. The van der Waals surface area contributed by atoms with E-state index in [1.807, 2.05) is 12.1 Å². The molecule has 1 N–H and O–H groups in total. The molecule has 4 atom stereocenters. The topological polar surface area (TPSA) is 35.9 Å². The van der Waals surface area contributed by atoms with E-state index in [-0.39, 0.29) is 17.3 Å². The first-order chi connectivity index (χ1) is 13.8. The first-order valence-corrected chi connectivity index (χ1v) is 11.3. The van der Waals surface area contributed by atoms with Crippen molar-refractivity contribution in [3.05, 3.63) is 30.1 Å². The van der Waals surface area contributed by atoms with Gasteiger partial charge in [0.05, 0.1) is 17.9 Å². The van der Waals surface area contributed by atoms with Gasteiger partial charge in [-0.1, -0.05) is 32.9 Å². The molecule has 0 amide bonds. The van der Waals surface area contributed by atoms with Crippen molar-refractivity contribution in [1.29, 1.82) is 0 Å². The summed E-state index contributed by atoms with van der Waals surface area (Å²) in [7, 11) is 0. The molecule has 1 aromatic carbocycles. The Hall–Kier alpha value is -1.17. The van der Waals surface area contributed by atoms with Gasteiger partial charge in [-0.05, 0) is 54.6 Å². The Morgan fingerprint density at radius 2 is 1.90 bits per heavy atom. The minimum atomic E-state index is -0.366. The van der Waals surface area contributed by atoms with Crippen LogP contribution < -0.4 is 4.90 Å². The lowest BCUT2D eigenvalue weighted by Gasteiger charge is -2.39. The second kappa shape index (κ2) is 8.16. The largest absolute Gasteiger partial charge is 0.392 e. The molecule has 1 aliphatic heterocycles. The Bertz CT molecular complexity index is 704. The normalized spacial score (nSPS) is 32.7. The Balaban J connectivity index is 1.18. The van der Waals surface area contributed by atoms with Gasteiger partial charge >= 0.3 is 0 Å². The van der Waals surface area contributed by atoms with Gasteiger partial charge in [0.25, 0.3) is 0 Å². The number of β-amino-alcohol motifs (C(OH)–C–C–N with tert-alkyl or cyclic N) is 1. The smallest absolute Gasteiger partial charge is 0.146 e. The van der Waals surface area contributed by atoms with Gasteiger partial charge in [0.1, 0.15) is 5.82 Å². The molecule has 0 aromatic heterocycles. The third kappa shape index (κ3) is 3.94. The highest BCUT2D eigenvalue weighted by Gasteiger charge is 2.61. The molecule has 2 aliphatic carbocycles. The van der Waals surface area contributed by atoms with Crippen LogP contribution in [0.5, 0.6) is 0 Å². The Morgan fingerprint density at radius 3 is 2.52 bits per heavy atom. The molecule has 5 heteroatoms. The number of fused-ring (bicyclic) bond motifs is 2. The highest BCUT2D eigenvalue weighted by molar-refractivity contribution is 5.47. The molecule has 4 rings (SSSR count). The second-order valence-corrected chi connectivity index (χ2v) is 10.2. The highest BCUT2D eigenvalue weighted by Crippen LogP contribution is 2.66. The predicted molar refractivity (Wildman–Crippen MR) is 115 cm³/mol. The zero-order chi connectivity index (χ0) is 20.6. The average Bonchev–Trinajstić information content (AvgIpc) is 3.03. The standard InChI is InChI=1S/C24H37FN2O2/c1-23(2)18-8-10-24(23,3)22(16-18)29-15-9-19(28)17-26-11-13-27(14-12-26)21-7-5-4-6-20(21)25/h4-7,18-19,22,28H,8-17H2,1-3H3/t18-,19+,22-,24+/m1/s1. The van der Waals surface area contributed by atoms with Gasteiger partial charge in [0, 0.05) is 39.3 Å². The van der Waals surface area contributed by atoms with E-state index < -0.39 is 0 Å². The molecule has 2 bridgehead atoms. The van der Waals surface area contributed by atoms with Crippen molar-refractivity contribution in [1.82, 2.24) is 4.90 Å². The summed E-state index contributed by atoms with van der Waals surface area (Å²) >= 11 is 0. The van der Waals surface area contributed by atoms with Gasteiger partial charge in [-0.25, -0.2) is 4.39 Å². The zero-order valence-electron chi connectivity index (χ0n) is 18.2. The van der Waals surface area contributed by atoms with Crippen LogP contribution in [-0.4, -0.2) is 61.5 Å². The minimum absolute atomic E-state index is 0.157. The Kier molecular flexibility index (Phi) is 5.93. The zero-order valence-corrected chi connectivity index (χ0v) is 18.2. The quantitative estimate of drug-likeness (QED) is 0.747. The van der Waals surface area contributed by atoms with Gasteiger partial charge in [0.15, 0.2) is 0 Å². The number of para-hydroxylation sites is 1. The predicted octanol–water partition coefficient (Wildman–Crippen LogP) is 3.93. The van der Waals surface area contributed by atoms with E-state index >= 15 is 0 Å². The van der Waals surface area contributed by atoms with Crippen molar-refractivity contribution in [3.8, 4) is 0 Å². The molecular weight excluding hydrogens is 367 g/mol. The lowest BCUT2D eigenvalue weighted by atomic mass is 9.70. The van der Waals surface area contributed by atoms with Gasteiger partial charge in [0.2, 0.25) is 0 Å². The van der Waals surface area contributed by atoms with Gasteiger partial charge in [-0.2, -0.15) is 0 Å². The second-order valence-electron chi connectivity index (χ2n) is 10.2. The molecule has 1 aromatic rings. The van der Waals surface area contributed by atoms with Crippen LogP contribution in [0.1, 0.15) is 46.5 Å². The van der Waals surface area contributed by atoms with Crippen molar-refractivity contribution < 1.29 is 14.2 Å². The molecule has 1 saturated heterocycles. The molecule has 2 saturated carbocycles. The van der Waals surface area contributed by atoms with Crippen LogP contribution in [0.2, 0.25) is 0 Å². The van der Waals surface area contributed by atoms with E-state index in [9.17, 15) is 9.50 Å². The number of aliphatic hydroxyl groups excluding tert-OH is 1. The molecule has 0 spiro atoms. The number of benzene rings is 1. The molecule has 3 fully saturated rings. The van der Waals surface area contributed by atoms with Crippen LogP contribution in [-0.2, 0) is 4.74 Å². The number of piperazine rings is 1. The summed E-state index contributed by atoms with van der Waals surface area (Å²) < 4.78 is 20.3. The molecule has 0 unspecified atom stereocenters. The van der Waals surface area contributed by atoms with Gasteiger partial charge in [-0.15, -0.1) is 0 Å². The van der Waals surface area contributed by atoms with Crippen molar-refractivity contribution in [3.63, 3.8) is 0 Å². The van der Waals surface area contributed by atoms with E-state index in [1.165, 1.54) is 25.3 Å². The van der Waals surface area contributed by atoms with Crippen molar-refractivity contribution in [2.24, 2.45) is 16.7 Å². The van der Waals surface area contributed by atoms with Crippen LogP contribution in [0.4, 0.5) is 10.1 Å². The van der Waals surface area contributed by atoms with Crippen molar-refractivity contribution in [2.75, 3.05) is 44.2 Å². The molecule has 4 nitrogen and oxygen atoms in total. The van der Waals surface area contributed by atoms with Crippen molar-refractivity contribution in [2.45, 2.75) is 58.7 Å². The first-order valence-electron chi connectivity index (χ1n) is 11.3. The fourth-order valence-corrected chi connectivity index (χ4v) is 6.00. The Morgan fingerprint density at radius 1 is 1.17 bits per heavy atom. The van der Waals surface area contributed by atoms with E-state index in [2.05, 4.69) is 30.6 Å². The molecular formula is C24H37FN2O2. The molecule has 3 aliphatic rings. The third-order valence-electron chi connectivity index (χ3n) is 8.52. The minimum Gasteiger partial charge on any atom is -0.392 e. The Labute approximate surface area is 175 Å². The van der Waals surface area contributed by atoms with E-state index in [1.54, 1.807) is 6.07 Å². The summed E-state index contributed by atoms with van der Waals surface area (Å²) in [6.45, 7) is 11.8. The van der Waals surface area contributed by atoms with E-state index in [4.69, 9.17) is 4.74 Å². The van der Waals surface area contributed by atoms with E-state index in [0.717, 1.165) is 32.1 Å². The fourth-order valence-electron chi connectivity index (χ4n) is 6.00. The number of hydrogen-bond donors (Lipinski definition) is 1. The number of anilines is 1. The monoisotopic (exact) mass is 404 g/mol. The molecule has 162 valence electrons. The lowest BCUT2D eigenvalue weighted by Crippen LogP contribution is -2.49. The van der Waals surface area contributed by atoms with Gasteiger partial charge < -0.3 is 14.7 Å². The maximum Gasteiger partial charge on any atom is 0.146 e. The lowest BCUT2D eigenvalue weighted by molar-refractivity contribution is -0.0564. The average molecular weight is 405 g/mol. The third-order valence-corrected chi connectivity index (χ3v) is 8.52. The molecule has 29 heavy (non-hydrogen) atoms.